The highest BCUT2D eigenvalue weighted by Crippen LogP contribution is 2.47. The van der Waals surface area contributed by atoms with E-state index in [0.717, 1.165) is 12.0 Å². The molecule has 1 aromatic heterocycles. The van der Waals surface area contributed by atoms with Gasteiger partial charge in [0, 0.05) is 12.1 Å². The number of nitrogens with zero attached hydrogens (tertiary/aromatic N) is 1. The molecule has 6 heteroatoms. The molecule has 29 heavy (non-hydrogen) atoms. The van der Waals surface area contributed by atoms with Crippen LogP contribution >= 0.6 is 12.2 Å². The summed E-state index contributed by atoms with van der Waals surface area (Å²) in [4.78, 5) is 28.7. The Morgan fingerprint density at radius 1 is 1.34 bits per heavy atom. The molecule has 3 atom stereocenters. The Morgan fingerprint density at radius 2 is 2.07 bits per heavy atom. The molecule has 2 N–H and O–H groups in total. The van der Waals surface area contributed by atoms with E-state index < -0.39 is 0 Å². The predicted molar refractivity (Wildman–Crippen MR) is 118 cm³/mol. The van der Waals surface area contributed by atoms with Crippen molar-refractivity contribution in [1.29, 1.82) is 0 Å². The third-order valence-electron chi connectivity index (χ3n) is 5.60. The van der Waals surface area contributed by atoms with Crippen molar-refractivity contribution in [1.82, 2.24) is 14.9 Å². The first-order valence-corrected chi connectivity index (χ1v) is 10.1. The zero-order valence-corrected chi connectivity index (χ0v) is 17.0. The molecular weight excluding hydrogens is 382 g/mol. The van der Waals surface area contributed by atoms with Crippen LogP contribution in [0.5, 0.6) is 0 Å². The third kappa shape index (κ3) is 3.80. The molecule has 5 nitrogen and oxygen atoms in total. The van der Waals surface area contributed by atoms with Crippen molar-refractivity contribution in [3.05, 3.63) is 87.4 Å². The molecule has 1 aliphatic rings. The van der Waals surface area contributed by atoms with Gasteiger partial charge in [-0.1, -0.05) is 43.3 Å². The summed E-state index contributed by atoms with van der Waals surface area (Å²) in [6, 6.07) is 15.1. The molecule has 1 aliphatic carbocycles. The Morgan fingerprint density at radius 3 is 2.72 bits per heavy atom. The maximum atomic E-state index is 13.0. The molecule has 3 unspecified atom stereocenters. The number of fused-ring (bicyclic) bond motifs is 1. The van der Waals surface area contributed by atoms with Crippen LogP contribution < -0.4 is 10.9 Å². The molecule has 3 aromatic rings. The molecular formula is C23H23N3O2S. The van der Waals surface area contributed by atoms with Gasteiger partial charge in [-0.2, -0.15) is 0 Å². The first-order valence-electron chi connectivity index (χ1n) is 9.73. The number of allylic oxidation sites excluding steroid dienone is 1. The highest BCUT2D eigenvalue weighted by Gasteiger charge is 2.41. The lowest BCUT2D eigenvalue weighted by molar-refractivity contribution is 0.0931. The van der Waals surface area contributed by atoms with Gasteiger partial charge in [0.15, 0.2) is 4.77 Å². The van der Waals surface area contributed by atoms with E-state index in [9.17, 15) is 9.59 Å². The summed E-state index contributed by atoms with van der Waals surface area (Å²) in [6.45, 7) is 6.20. The lowest BCUT2D eigenvalue weighted by atomic mass is 10.0. The largest absolute Gasteiger partial charge is 0.345 e. The molecule has 0 spiro atoms. The summed E-state index contributed by atoms with van der Waals surface area (Å²) in [5.41, 5.74) is 1.98. The van der Waals surface area contributed by atoms with Gasteiger partial charge < -0.3 is 10.3 Å². The van der Waals surface area contributed by atoms with Gasteiger partial charge >= 0.3 is 0 Å². The van der Waals surface area contributed by atoms with Crippen molar-refractivity contribution < 1.29 is 4.79 Å². The van der Waals surface area contributed by atoms with Gasteiger partial charge in [-0.15, -0.1) is 6.58 Å². The van der Waals surface area contributed by atoms with Gasteiger partial charge in [-0.05, 0) is 54.2 Å². The minimum Gasteiger partial charge on any atom is -0.345 e. The molecule has 1 amide bonds. The minimum absolute atomic E-state index is 0.0199. The van der Waals surface area contributed by atoms with Crippen LogP contribution in [0.4, 0.5) is 0 Å². The molecule has 1 heterocycles. The number of carbonyl (C=O) groups excluding carboxylic acids is 1. The summed E-state index contributed by atoms with van der Waals surface area (Å²) in [5.74, 6) is 0.879. The molecule has 0 bridgehead atoms. The van der Waals surface area contributed by atoms with Crippen molar-refractivity contribution in [2.24, 2.45) is 11.8 Å². The monoisotopic (exact) mass is 405 g/mol. The predicted octanol–water partition coefficient (Wildman–Crippen LogP) is 4.37. The number of H-pyrrole nitrogens is 1. The Labute approximate surface area is 174 Å². The maximum Gasteiger partial charge on any atom is 0.262 e. The average molecular weight is 406 g/mol. The van der Waals surface area contributed by atoms with E-state index in [-0.39, 0.29) is 17.5 Å². The number of carbonyl (C=O) groups is 1. The quantitative estimate of drug-likeness (QED) is 0.473. The van der Waals surface area contributed by atoms with Crippen LogP contribution in [0.25, 0.3) is 10.9 Å². The SMILES string of the molecule is C=CCn1c(=S)[nH]c2cc(C(=O)NC(c3ccccc3)C3CC3C)ccc2c1=O. The number of aromatic nitrogens is 2. The van der Waals surface area contributed by atoms with Crippen LogP contribution in [-0.2, 0) is 6.54 Å². The van der Waals surface area contributed by atoms with Crippen LogP contribution in [-0.4, -0.2) is 15.5 Å². The standard InChI is InChI=1S/C23H23N3O2S/c1-3-11-26-22(28)17-10-9-16(13-19(17)24-23(26)29)21(27)25-20(18-12-14(18)2)15-7-5-4-6-8-15/h3-10,13-14,18,20H,1,11-12H2,2H3,(H,24,29)(H,25,27). The molecule has 0 radical (unpaired) electrons. The molecule has 1 saturated carbocycles. The average Bonchev–Trinajstić information content (AvgIpc) is 3.45. The summed E-state index contributed by atoms with van der Waals surface area (Å²) < 4.78 is 1.76. The summed E-state index contributed by atoms with van der Waals surface area (Å²) in [5, 5.41) is 3.69. The second-order valence-corrected chi connectivity index (χ2v) is 8.02. The van der Waals surface area contributed by atoms with E-state index in [0.29, 0.717) is 39.6 Å². The van der Waals surface area contributed by atoms with Crippen LogP contribution in [0, 0.1) is 16.6 Å². The van der Waals surface area contributed by atoms with E-state index >= 15 is 0 Å². The van der Waals surface area contributed by atoms with E-state index in [1.54, 1.807) is 24.3 Å². The number of hydrogen-bond donors (Lipinski definition) is 2. The van der Waals surface area contributed by atoms with Gasteiger partial charge in [0.25, 0.3) is 11.5 Å². The van der Waals surface area contributed by atoms with Crippen LogP contribution in [0.15, 0.2) is 66.0 Å². The smallest absolute Gasteiger partial charge is 0.262 e. The van der Waals surface area contributed by atoms with E-state index in [4.69, 9.17) is 12.2 Å². The number of nitrogens with one attached hydrogen (secondary N) is 2. The first kappa shape index (κ1) is 19.3. The van der Waals surface area contributed by atoms with E-state index in [2.05, 4.69) is 35.9 Å². The van der Waals surface area contributed by atoms with Crippen LogP contribution in [0.3, 0.4) is 0 Å². The van der Waals surface area contributed by atoms with Gasteiger partial charge in [-0.25, -0.2) is 0 Å². The lowest BCUT2D eigenvalue weighted by Crippen LogP contribution is -2.30. The fraction of sp³-hybridized carbons (Fsp3) is 0.261. The fourth-order valence-electron chi connectivity index (χ4n) is 3.83. The molecule has 0 saturated heterocycles. The molecule has 0 aliphatic heterocycles. The Kier molecular flexibility index (Phi) is 5.20. The van der Waals surface area contributed by atoms with E-state index in [1.165, 1.54) is 4.57 Å². The second-order valence-electron chi connectivity index (χ2n) is 7.63. The summed E-state index contributed by atoms with van der Waals surface area (Å²) in [6.07, 6.45) is 2.73. The molecule has 148 valence electrons. The fourth-order valence-corrected chi connectivity index (χ4v) is 4.10. The topological polar surface area (TPSA) is 66.9 Å². The van der Waals surface area contributed by atoms with Crippen molar-refractivity contribution in [3.63, 3.8) is 0 Å². The Bertz CT molecular complexity index is 1200. The first-order chi connectivity index (χ1) is 14.0. The van der Waals surface area contributed by atoms with Crippen LogP contribution in [0.2, 0.25) is 0 Å². The van der Waals surface area contributed by atoms with Gasteiger partial charge in [0.05, 0.1) is 16.9 Å². The van der Waals surface area contributed by atoms with E-state index in [1.807, 2.05) is 18.2 Å². The van der Waals surface area contributed by atoms with Gasteiger partial charge in [-0.3, -0.25) is 14.2 Å². The minimum atomic E-state index is -0.190. The number of aromatic amines is 1. The van der Waals surface area contributed by atoms with Crippen molar-refractivity contribution in [2.45, 2.75) is 25.9 Å². The highest BCUT2D eigenvalue weighted by atomic mass is 32.1. The zero-order chi connectivity index (χ0) is 20.5. The summed E-state index contributed by atoms with van der Waals surface area (Å²) >= 11 is 5.29. The molecule has 4 rings (SSSR count). The summed E-state index contributed by atoms with van der Waals surface area (Å²) in [7, 11) is 0. The lowest BCUT2D eigenvalue weighted by Gasteiger charge is -2.19. The zero-order valence-electron chi connectivity index (χ0n) is 16.2. The maximum absolute atomic E-state index is 13.0. The number of rotatable bonds is 6. The number of benzene rings is 2. The number of hydrogen-bond acceptors (Lipinski definition) is 3. The number of amides is 1. The molecule has 1 fully saturated rings. The third-order valence-corrected chi connectivity index (χ3v) is 5.92. The van der Waals surface area contributed by atoms with Crippen molar-refractivity contribution in [3.8, 4) is 0 Å². The van der Waals surface area contributed by atoms with Crippen molar-refractivity contribution in [2.75, 3.05) is 0 Å². The van der Waals surface area contributed by atoms with Crippen LogP contribution in [0.1, 0.15) is 35.3 Å². The Hall–Kier alpha value is -2.99. The van der Waals surface area contributed by atoms with Gasteiger partial charge in [0.2, 0.25) is 0 Å². The highest BCUT2D eigenvalue weighted by molar-refractivity contribution is 7.71. The molecule has 2 aromatic carbocycles. The van der Waals surface area contributed by atoms with Gasteiger partial charge in [0.1, 0.15) is 0 Å². The Balaban J connectivity index is 1.66. The second kappa shape index (κ2) is 7.79. The normalized spacial score (nSPS) is 18.9. The van der Waals surface area contributed by atoms with Crippen molar-refractivity contribution >= 4 is 29.0 Å².